The molecule has 1 aliphatic rings. The van der Waals surface area contributed by atoms with Gasteiger partial charge in [-0.2, -0.15) is 0 Å². The van der Waals surface area contributed by atoms with Gasteiger partial charge in [0.05, 0.1) is 43.1 Å². The van der Waals surface area contributed by atoms with E-state index in [1.54, 1.807) is 60.8 Å². The first-order valence-electron chi connectivity index (χ1n) is 19.2. The number of ether oxygens (including phenoxy) is 3. The largest absolute Gasteiger partial charge is 0.496 e. The molecule has 312 valence electrons. The molecule has 0 spiro atoms. The van der Waals surface area contributed by atoms with Gasteiger partial charge in [-0.3, -0.25) is 14.4 Å². The van der Waals surface area contributed by atoms with Crippen molar-refractivity contribution in [1.29, 1.82) is 0 Å². The molecular formula is C43H52N8O7S. The van der Waals surface area contributed by atoms with Gasteiger partial charge in [0.15, 0.2) is 5.75 Å². The second kappa shape index (κ2) is 18.2. The first-order valence-corrected chi connectivity index (χ1v) is 21.1. The minimum Gasteiger partial charge on any atom is -0.496 e. The minimum atomic E-state index is -3.64. The smallest absolute Gasteiger partial charge is 0.323 e. The Balaban J connectivity index is 1.14. The number of hydrogen-bond acceptors (Lipinski definition) is 11. The van der Waals surface area contributed by atoms with Crippen LogP contribution in [0.5, 0.6) is 23.0 Å². The number of benzene rings is 4. The molecule has 0 radical (unpaired) electrons. The fourth-order valence-electron chi connectivity index (χ4n) is 6.66. The third-order valence-corrected chi connectivity index (χ3v) is 10.4. The van der Waals surface area contributed by atoms with Crippen molar-refractivity contribution in [2.75, 3.05) is 87.5 Å². The number of carbonyl (C=O) groups excluding carboxylic acids is 2. The number of pyridine rings is 1. The second-order valence-electron chi connectivity index (χ2n) is 15.4. The zero-order chi connectivity index (χ0) is 42.3. The maximum Gasteiger partial charge on any atom is 0.323 e. The summed E-state index contributed by atoms with van der Waals surface area (Å²) in [5, 5.41) is 13.5. The number of nitrogens with one attached hydrogen (secondary N) is 5. The summed E-state index contributed by atoms with van der Waals surface area (Å²) in [6, 6.07) is 22.7. The number of amides is 3. The molecule has 2 heterocycles. The number of urea groups is 1. The van der Waals surface area contributed by atoms with E-state index < -0.39 is 16.1 Å². The SMILES string of the molecule is COc1cc(Nc2cc(Oc3ccc(NC(=O)Nc4cc(C(C)(C)C)cc(NS(C)(=O)=O)c4OC)c4ccccc34)ccn2)ccc1C(=O)NCCN1CCN(C)CC1. The summed E-state index contributed by atoms with van der Waals surface area (Å²) in [6.07, 6.45) is 2.68. The molecule has 5 N–H and O–H groups in total. The number of piperazine rings is 1. The Morgan fingerprint density at radius 1 is 0.814 bits per heavy atom. The molecule has 1 fully saturated rings. The molecule has 4 aromatic carbocycles. The molecule has 0 atom stereocenters. The number of hydrogen-bond donors (Lipinski definition) is 5. The van der Waals surface area contributed by atoms with Crippen LogP contribution in [-0.2, 0) is 15.4 Å². The fraction of sp³-hybridized carbons (Fsp3) is 0.326. The lowest BCUT2D eigenvalue weighted by Gasteiger charge is -2.32. The van der Waals surface area contributed by atoms with Gasteiger partial charge in [0.1, 0.15) is 23.1 Å². The van der Waals surface area contributed by atoms with Crippen molar-refractivity contribution < 1.29 is 32.2 Å². The van der Waals surface area contributed by atoms with E-state index in [2.05, 4.69) is 47.8 Å². The lowest BCUT2D eigenvalue weighted by Crippen LogP contribution is -2.46. The Morgan fingerprint density at radius 2 is 1.53 bits per heavy atom. The summed E-state index contributed by atoms with van der Waals surface area (Å²) in [5.41, 5.74) is 2.55. The average Bonchev–Trinajstić information content (AvgIpc) is 3.18. The predicted octanol–water partition coefficient (Wildman–Crippen LogP) is 7.08. The van der Waals surface area contributed by atoms with Crippen molar-refractivity contribution >= 4 is 61.3 Å². The van der Waals surface area contributed by atoms with Crippen molar-refractivity contribution in [1.82, 2.24) is 20.1 Å². The minimum absolute atomic E-state index is 0.171. The van der Waals surface area contributed by atoms with E-state index >= 15 is 0 Å². The quantitative estimate of drug-likeness (QED) is 0.0774. The molecule has 5 aromatic rings. The van der Waals surface area contributed by atoms with Crippen LogP contribution in [0.2, 0.25) is 0 Å². The summed E-state index contributed by atoms with van der Waals surface area (Å²) in [5.74, 6) is 1.97. The van der Waals surface area contributed by atoms with Gasteiger partial charge >= 0.3 is 6.03 Å². The number of rotatable bonds is 14. The van der Waals surface area contributed by atoms with Crippen LogP contribution in [0.25, 0.3) is 10.8 Å². The van der Waals surface area contributed by atoms with Crippen LogP contribution in [0, 0.1) is 0 Å². The highest BCUT2D eigenvalue weighted by Gasteiger charge is 2.23. The van der Waals surface area contributed by atoms with Gasteiger partial charge in [0.2, 0.25) is 10.0 Å². The van der Waals surface area contributed by atoms with Gasteiger partial charge in [0.25, 0.3) is 5.91 Å². The highest BCUT2D eigenvalue weighted by molar-refractivity contribution is 7.92. The van der Waals surface area contributed by atoms with Crippen LogP contribution in [0.3, 0.4) is 0 Å². The molecule has 59 heavy (non-hydrogen) atoms. The Hall–Kier alpha value is -6.10. The van der Waals surface area contributed by atoms with Crippen LogP contribution in [0.1, 0.15) is 36.7 Å². The summed E-state index contributed by atoms with van der Waals surface area (Å²) in [4.78, 5) is 35.7. The number of anilines is 5. The van der Waals surface area contributed by atoms with Gasteiger partial charge in [-0.05, 0) is 60.5 Å². The lowest BCUT2D eigenvalue weighted by molar-refractivity contribution is 0.0938. The number of sulfonamides is 1. The van der Waals surface area contributed by atoms with Gasteiger partial charge in [-0.15, -0.1) is 0 Å². The maximum absolute atomic E-state index is 13.5. The Bertz CT molecular complexity index is 2430. The number of aromatic nitrogens is 1. The van der Waals surface area contributed by atoms with Crippen LogP contribution in [0.4, 0.5) is 33.4 Å². The Labute approximate surface area is 345 Å². The number of methoxy groups -OCH3 is 2. The van der Waals surface area contributed by atoms with Gasteiger partial charge in [-0.1, -0.05) is 45.0 Å². The van der Waals surface area contributed by atoms with E-state index in [-0.39, 0.29) is 22.8 Å². The molecule has 3 amide bonds. The van der Waals surface area contributed by atoms with E-state index in [4.69, 9.17) is 14.2 Å². The number of fused-ring (bicyclic) bond motifs is 1. The van der Waals surface area contributed by atoms with Crippen molar-refractivity contribution in [2.24, 2.45) is 0 Å². The maximum atomic E-state index is 13.5. The molecule has 1 aliphatic heterocycles. The van der Waals surface area contributed by atoms with Crippen molar-refractivity contribution in [2.45, 2.75) is 26.2 Å². The first kappa shape index (κ1) is 42.5. The molecule has 0 bridgehead atoms. The summed E-state index contributed by atoms with van der Waals surface area (Å²) in [6.45, 7) is 11.3. The van der Waals surface area contributed by atoms with E-state index in [0.717, 1.165) is 55.3 Å². The Morgan fingerprint density at radius 3 is 2.22 bits per heavy atom. The van der Waals surface area contributed by atoms with E-state index in [1.165, 1.54) is 14.2 Å². The summed E-state index contributed by atoms with van der Waals surface area (Å²) < 4.78 is 44.4. The second-order valence-corrected chi connectivity index (χ2v) is 17.1. The highest BCUT2D eigenvalue weighted by atomic mass is 32.2. The summed E-state index contributed by atoms with van der Waals surface area (Å²) >= 11 is 0. The number of likely N-dealkylation sites (N-methyl/N-ethyl adjacent to an activating group) is 1. The van der Waals surface area contributed by atoms with E-state index in [0.29, 0.717) is 52.2 Å². The fourth-order valence-corrected chi connectivity index (χ4v) is 7.22. The van der Waals surface area contributed by atoms with Crippen LogP contribution < -0.4 is 40.2 Å². The standard InChI is InChI=1S/C43H52N8O7S/c1-43(2,3)28-24-35(40(57-6)36(25-28)49-59(7,54)55)48-42(53)47-34-14-15-37(32-11-9-8-10-31(32)34)58-30-16-17-44-39(27-30)46-29-12-13-33(38(26-29)56-5)41(52)45-18-19-51-22-20-50(4)21-23-51/h8-17,24-27,49H,18-23H2,1-7H3,(H,44,46)(H,45,52)(H2,47,48,53). The topological polar surface area (TPSA) is 175 Å². The predicted molar refractivity (Wildman–Crippen MR) is 234 cm³/mol. The monoisotopic (exact) mass is 824 g/mol. The molecule has 6 rings (SSSR count). The van der Waals surface area contributed by atoms with Gasteiger partial charge in [0, 0.05) is 74.1 Å². The molecule has 15 nitrogen and oxygen atoms in total. The Kier molecular flexibility index (Phi) is 13.1. The van der Waals surface area contributed by atoms with Crippen molar-refractivity contribution in [3.05, 3.63) is 96.2 Å². The van der Waals surface area contributed by atoms with E-state index in [1.807, 2.05) is 45.0 Å². The van der Waals surface area contributed by atoms with Crippen LogP contribution in [0.15, 0.2) is 85.1 Å². The third-order valence-electron chi connectivity index (χ3n) is 9.82. The molecule has 16 heteroatoms. The van der Waals surface area contributed by atoms with Gasteiger partial charge < -0.3 is 40.4 Å². The molecule has 1 aromatic heterocycles. The zero-order valence-corrected chi connectivity index (χ0v) is 35.2. The highest BCUT2D eigenvalue weighted by Crippen LogP contribution is 2.40. The molecule has 0 aliphatic carbocycles. The van der Waals surface area contributed by atoms with Crippen LogP contribution in [-0.4, -0.2) is 102 Å². The van der Waals surface area contributed by atoms with E-state index in [9.17, 15) is 18.0 Å². The third kappa shape index (κ3) is 11.1. The van der Waals surface area contributed by atoms with Gasteiger partial charge in [-0.25, -0.2) is 18.2 Å². The normalized spacial score (nSPS) is 13.7. The number of nitrogens with zero attached hydrogens (tertiary/aromatic N) is 3. The molecule has 1 saturated heterocycles. The average molecular weight is 825 g/mol. The summed E-state index contributed by atoms with van der Waals surface area (Å²) in [7, 11) is 1.41. The first-order chi connectivity index (χ1) is 28.1. The number of carbonyl (C=O) groups is 2. The van der Waals surface area contributed by atoms with Crippen molar-refractivity contribution in [3.63, 3.8) is 0 Å². The van der Waals surface area contributed by atoms with Crippen LogP contribution >= 0.6 is 0 Å². The lowest BCUT2D eigenvalue weighted by atomic mass is 9.86. The molecule has 0 unspecified atom stereocenters. The zero-order valence-electron chi connectivity index (χ0n) is 34.4. The van der Waals surface area contributed by atoms with Crippen molar-refractivity contribution in [3.8, 4) is 23.0 Å². The molecular weight excluding hydrogens is 773 g/mol. The molecule has 0 saturated carbocycles.